The summed E-state index contributed by atoms with van der Waals surface area (Å²) in [4.78, 5) is 18.2. The molecule has 0 saturated carbocycles. The number of rotatable bonds is 2. The van der Waals surface area contributed by atoms with Crippen LogP contribution < -0.4 is 0 Å². The van der Waals surface area contributed by atoms with Gasteiger partial charge in [0.25, 0.3) is 5.91 Å². The van der Waals surface area contributed by atoms with Crippen molar-refractivity contribution < 1.29 is 4.79 Å². The van der Waals surface area contributed by atoms with Crippen LogP contribution in [0.2, 0.25) is 0 Å². The van der Waals surface area contributed by atoms with Crippen molar-refractivity contribution in [3.05, 3.63) is 70.3 Å². The van der Waals surface area contributed by atoms with Crippen LogP contribution in [0.3, 0.4) is 0 Å². The average molecular weight is 419 g/mol. The second-order valence-electron chi connectivity index (χ2n) is 11.5. The van der Waals surface area contributed by atoms with E-state index >= 15 is 0 Å². The van der Waals surface area contributed by atoms with Gasteiger partial charge in [0.2, 0.25) is 0 Å². The number of hydrogen-bond donors (Lipinski definition) is 0. The highest BCUT2D eigenvalue weighted by Gasteiger charge is 2.33. The summed E-state index contributed by atoms with van der Waals surface area (Å²) in [5.41, 5.74) is 6.31. The number of hydrogen-bond acceptors (Lipinski definition) is 2. The lowest BCUT2D eigenvalue weighted by Crippen LogP contribution is -2.41. The molecule has 2 aliphatic heterocycles. The molecule has 0 aromatic heterocycles. The Labute approximate surface area is 188 Å². The molecule has 2 aromatic rings. The largest absolute Gasteiger partial charge is 0.337 e. The molecule has 0 aliphatic carbocycles. The maximum atomic E-state index is 13.5. The Morgan fingerprint density at radius 3 is 2.10 bits per heavy atom. The summed E-state index contributed by atoms with van der Waals surface area (Å²) in [6, 6.07) is 15.8. The molecule has 0 spiro atoms. The number of benzene rings is 2. The number of amides is 1. The maximum Gasteiger partial charge on any atom is 0.253 e. The second-order valence-corrected chi connectivity index (χ2v) is 11.5. The molecule has 2 aliphatic rings. The van der Waals surface area contributed by atoms with Crippen molar-refractivity contribution in [2.24, 2.45) is 0 Å². The number of carbonyl (C=O) groups is 1. The van der Waals surface area contributed by atoms with Crippen molar-refractivity contribution in [2.45, 2.75) is 77.8 Å². The zero-order valence-corrected chi connectivity index (χ0v) is 20.2. The van der Waals surface area contributed by atoms with E-state index in [2.05, 4.69) is 93.8 Å². The van der Waals surface area contributed by atoms with Gasteiger partial charge in [-0.3, -0.25) is 9.69 Å². The average Bonchev–Trinajstić information content (AvgIpc) is 3.21. The molecule has 1 saturated heterocycles. The first-order valence-electron chi connectivity index (χ1n) is 11.8. The third-order valence-electron chi connectivity index (χ3n) is 7.04. The predicted molar refractivity (Wildman–Crippen MR) is 129 cm³/mol. The van der Waals surface area contributed by atoms with Gasteiger partial charge in [-0.25, -0.2) is 0 Å². The Kier molecular flexibility index (Phi) is 5.76. The fourth-order valence-corrected chi connectivity index (χ4v) is 4.85. The fourth-order valence-electron chi connectivity index (χ4n) is 4.85. The van der Waals surface area contributed by atoms with Gasteiger partial charge in [0, 0.05) is 37.8 Å². The monoisotopic (exact) mass is 418 g/mol. The van der Waals surface area contributed by atoms with Crippen molar-refractivity contribution in [1.82, 2.24) is 9.80 Å². The summed E-state index contributed by atoms with van der Waals surface area (Å²) in [5, 5.41) is 0. The minimum Gasteiger partial charge on any atom is -0.337 e. The lowest BCUT2D eigenvalue weighted by Gasteiger charge is -2.33. The van der Waals surface area contributed by atoms with Crippen molar-refractivity contribution >= 4 is 5.91 Å². The molecule has 3 nitrogen and oxygen atoms in total. The standard InChI is InChI=1S/C28H38N2O/c1-27(2,3)23-15-22(16-24(17-23)28(4,5)6)26(31)30-14-12-25(19-30)29-13-11-20-9-7-8-10-21(20)18-29/h7-10,15-17,25H,11-14,18-19H2,1-6H3. The highest BCUT2D eigenvalue weighted by molar-refractivity contribution is 5.95. The van der Waals surface area contributed by atoms with Gasteiger partial charge < -0.3 is 4.90 Å². The molecule has 166 valence electrons. The van der Waals surface area contributed by atoms with Gasteiger partial charge in [-0.05, 0) is 58.1 Å². The number of carbonyl (C=O) groups excluding carboxylic acids is 1. The molecular weight excluding hydrogens is 380 g/mol. The van der Waals surface area contributed by atoms with E-state index in [-0.39, 0.29) is 16.7 Å². The molecule has 0 radical (unpaired) electrons. The lowest BCUT2D eigenvalue weighted by atomic mass is 9.79. The third kappa shape index (κ3) is 4.72. The summed E-state index contributed by atoms with van der Waals surface area (Å²) >= 11 is 0. The lowest BCUT2D eigenvalue weighted by molar-refractivity contribution is 0.0773. The Bertz CT molecular complexity index is 931. The van der Waals surface area contributed by atoms with E-state index in [1.807, 2.05) is 0 Å². The van der Waals surface area contributed by atoms with Gasteiger partial charge in [0.15, 0.2) is 0 Å². The third-order valence-corrected chi connectivity index (χ3v) is 7.04. The van der Waals surface area contributed by atoms with Gasteiger partial charge >= 0.3 is 0 Å². The van der Waals surface area contributed by atoms with Gasteiger partial charge in [-0.15, -0.1) is 0 Å². The van der Waals surface area contributed by atoms with Gasteiger partial charge in [-0.1, -0.05) is 71.9 Å². The maximum absolute atomic E-state index is 13.5. The molecule has 4 rings (SSSR count). The zero-order valence-electron chi connectivity index (χ0n) is 20.2. The van der Waals surface area contributed by atoms with Crippen LogP contribution in [0.25, 0.3) is 0 Å². The first kappa shape index (κ1) is 22.1. The van der Waals surface area contributed by atoms with Crippen LogP contribution in [0.4, 0.5) is 0 Å². The van der Waals surface area contributed by atoms with Crippen LogP contribution in [0.5, 0.6) is 0 Å². The summed E-state index contributed by atoms with van der Waals surface area (Å²) in [7, 11) is 0. The molecule has 2 aromatic carbocycles. The second kappa shape index (κ2) is 8.09. The minimum absolute atomic E-state index is 0.0189. The molecule has 0 bridgehead atoms. The molecule has 1 fully saturated rings. The summed E-state index contributed by atoms with van der Waals surface area (Å²) < 4.78 is 0. The Hall–Kier alpha value is -2.13. The Balaban J connectivity index is 1.52. The summed E-state index contributed by atoms with van der Waals surface area (Å²) in [6.45, 7) is 17.1. The Morgan fingerprint density at radius 2 is 1.48 bits per heavy atom. The molecule has 1 amide bonds. The molecule has 3 heteroatoms. The normalized spacial score (nSPS) is 20.1. The van der Waals surface area contributed by atoms with Crippen molar-refractivity contribution in [3.8, 4) is 0 Å². The summed E-state index contributed by atoms with van der Waals surface area (Å²) in [6.07, 6.45) is 2.18. The van der Waals surface area contributed by atoms with E-state index in [0.29, 0.717) is 6.04 Å². The SMILES string of the molecule is CC(C)(C)c1cc(C(=O)N2CCC(N3CCc4ccccc4C3)C2)cc(C(C)(C)C)c1. The zero-order chi connectivity index (χ0) is 22.4. The Morgan fingerprint density at radius 1 is 0.871 bits per heavy atom. The first-order chi connectivity index (χ1) is 14.5. The van der Waals surface area contributed by atoms with Crippen LogP contribution in [0.15, 0.2) is 42.5 Å². The molecule has 1 atom stereocenters. The molecule has 2 heterocycles. The highest BCUT2D eigenvalue weighted by atomic mass is 16.2. The van der Waals surface area contributed by atoms with E-state index in [1.165, 1.54) is 22.3 Å². The van der Waals surface area contributed by atoms with E-state index in [1.54, 1.807) is 0 Å². The highest BCUT2D eigenvalue weighted by Crippen LogP contribution is 2.32. The van der Waals surface area contributed by atoms with Gasteiger partial charge in [0.05, 0.1) is 0 Å². The molecular formula is C28H38N2O. The number of fused-ring (bicyclic) bond motifs is 1. The minimum atomic E-state index is 0.0189. The number of nitrogens with zero attached hydrogens (tertiary/aromatic N) is 2. The van der Waals surface area contributed by atoms with Crippen LogP contribution >= 0.6 is 0 Å². The van der Waals surface area contributed by atoms with E-state index in [9.17, 15) is 4.79 Å². The smallest absolute Gasteiger partial charge is 0.253 e. The number of likely N-dealkylation sites (tertiary alicyclic amines) is 1. The molecule has 1 unspecified atom stereocenters. The van der Waals surface area contributed by atoms with Crippen molar-refractivity contribution in [2.75, 3.05) is 19.6 Å². The summed E-state index contributed by atoms with van der Waals surface area (Å²) in [5.74, 6) is 0.191. The topological polar surface area (TPSA) is 23.6 Å². The van der Waals surface area contributed by atoms with Crippen LogP contribution in [0, 0.1) is 0 Å². The van der Waals surface area contributed by atoms with Crippen molar-refractivity contribution in [3.63, 3.8) is 0 Å². The fraction of sp³-hybridized carbons (Fsp3) is 0.536. The van der Waals surface area contributed by atoms with E-state index < -0.39 is 0 Å². The van der Waals surface area contributed by atoms with E-state index in [0.717, 1.165) is 44.6 Å². The van der Waals surface area contributed by atoms with Gasteiger partial charge in [-0.2, -0.15) is 0 Å². The first-order valence-corrected chi connectivity index (χ1v) is 11.8. The predicted octanol–water partition coefficient (Wildman–Crippen LogP) is 5.55. The van der Waals surface area contributed by atoms with Crippen LogP contribution in [0.1, 0.15) is 80.6 Å². The molecule has 31 heavy (non-hydrogen) atoms. The van der Waals surface area contributed by atoms with Crippen LogP contribution in [-0.4, -0.2) is 41.4 Å². The molecule has 0 N–H and O–H groups in total. The quantitative estimate of drug-likeness (QED) is 0.638. The van der Waals surface area contributed by atoms with E-state index in [4.69, 9.17) is 0 Å². The van der Waals surface area contributed by atoms with Crippen molar-refractivity contribution in [1.29, 1.82) is 0 Å². The van der Waals surface area contributed by atoms with Gasteiger partial charge in [0.1, 0.15) is 0 Å². The van der Waals surface area contributed by atoms with Crippen LogP contribution in [-0.2, 0) is 23.8 Å².